The second kappa shape index (κ2) is 6.82. The van der Waals surface area contributed by atoms with Gasteiger partial charge in [0.2, 0.25) is 5.89 Å². The first kappa shape index (κ1) is 17.4. The topological polar surface area (TPSA) is 83.2 Å². The Kier molecular flexibility index (Phi) is 4.74. The van der Waals surface area contributed by atoms with Crippen molar-refractivity contribution in [2.45, 2.75) is 31.6 Å². The summed E-state index contributed by atoms with van der Waals surface area (Å²) in [6, 6.07) is 14.3. The summed E-state index contributed by atoms with van der Waals surface area (Å²) < 4.78 is 40.0. The molecule has 3 rings (SSSR count). The van der Waals surface area contributed by atoms with Crippen LogP contribution in [0.3, 0.4) is 0 Å². The molecule has 0 N–H and O–H groups in total. The van der Waals surface area contributed by atoms with E-state index in [2.05, 4.69) is 4.98 Å². The number of rotatable bonds is 5. The molecule has 0 radical (unpaired) electrons. The summed E-state index contributed by atoms with van der Waals surface area (Å²) in [6.07, 6.45) is 0.897. The normalized spacial score (nSPS) is 11.6. The lowest BCUT2D eigenvalue weighted by atomic mass is 10.1. The highest BCUT2D eigenvalue weighted by Crippen LogP contribution is 2.24. The van der Waals surface area contributed by atoms with Crippen LogP contribution in [-0.4, -0.2) is 18.0 Å². The zero-order valence-electron chi connectivity index (χ0n) is 14.0. The Balaban J connectivity index is 1.86. The maximum Gasteiger partial charge on any atom is 0.226 e. The molecule has 0 amide bonds. The van der Waals surface area contributed by atoms with Gasteiger partial charge in [0, 0.05) is 5.56 Å². The van der Waals surface area contributed by atoms with E-state index in [9.17, 15) is 13.0 Å². The highest BCUT2D eigenvalue weighted by atomic mass is 32.2. The average molecular weight is 356 g/mol. The predicted octanol–water partition coefficient (Wildman–Crippen LogP) is 3.65. The molecule has 0 aliphatic carbocycles. The molecule has 1 aromatic heterocycles. The minimum atomic E-state index is -4.50. The number of oxazole rings is 1. The molecule has 25 heavy (non-hydrogen) atoms. The lowest BCUT2D eigenvalue weighted by Gasteiger charge is -2.13. The van der Waals surface area contributed by atoms with Crippen molar-refractivity contribution in [3.8, 4) is 11.5 Å². The van der Waals surface area contributed by atoms with Crippen LogP contribution in [0.5, 0.6) is 0 Å². The zero-order chi connectivity index (χ0) is 18.0. The van der Waals surface area contributed by atoms with Gasteiger partial charge in [0.25, 0.3) is 0 Å². The summed E-state index contributed by atoms with van der Waals surface area (Å²) in [5, 5.41) is 0. The van der Waals surface area contributed by atoms with Crippen molar-refractivity contribution < 1.29 is 17.4 Å². The minimum absolute atomic E-state index is 0.164. The molecule has 6 heteroatoms. The van der Waals surface area contributed by atoms with E-state index in [1.165, 1.54) is 6.07 Å². The summed E-state index contributed by atoms with van der Waals surface area (Å²) >= 11 is 0. The third-order valence-electron chi connectivity index (χ3n) is 4.03. The van der Waals surface area contributed by atoms with Gasteiger partial charge in [-0.25, -0.2) is 13.4 Å². The fourth-order valence-corrected chi connectivity index (χ4v) is 3.48. The van der Waals surface area contributed by atoms with E-state index in [0.717, 1.165) is 16.8 Å². The molecule has 5 nitrogen and oxygen atoms in total. The number of hydrogen-bond donors (Lipinski definition) is 0. The minimum Gasteiger partial charge on any atom is -0.744 e. The van der Waals surface area contributed by atoms with Gasteiger partial charge < -0.3 is 8.97 Å². The van der Waals surface area contributed by atoms with Crippen LogP contribution in [0.2, 0.25) is 0 Å². The summed E-state index contributed by atoms with van der Waals surface area (Å²) in [6.45, 7) is 3.69. The van der Waals surface area contributed by atoms with E-state index < -0.39 is 10.1 Å². The Labute approximate surface area is 147 Å². The quantitative estimate of drug-likeness (QED) is 0.652. The Morgan fingerprint density at radius 3 is 2.44 bits per heavy atom. The van der Waals surface area contributed by atoms with E-state index >= 15 is 0 Å². The Morgan fingerprint density at radius 1 is 1.04 bits per heavy atom. The molecule has 0 fully saturated rings. The second-order valence-corrected chi connectivity index (χ2v) is 7.30. The van der Waals surface area contributed by atoms with Gasteiger partial charge in [-0.3, -0.25) is 0 Å². The fourth-order valence-electron chi connectivity index (χ4n) is 2.76. The zero-order valence-corrected chi connectivity index (χ0v) is 14.8. The van der Waals surface area contributed by atoms with Gasteiger partial charge in [0.05, 0.1) is 10.6 Å². The van der Waals surface area contributed by atoms with Gasteiger partial charge in [-0.2, -0.15) is 0 Å². The molecule has 2 aromatic carbocycles. The van der Waals surface area contributed by atoms with Crippen LogP contribution >= 0.6 is 0 Å². The molecule has 0 unspecified atom stereocenters. The van der Waals surface area contributed by atoms with Crippen molar-refractivity contribution in [1.29, 1.82) is 0 Å². The summed E-state index contributed by atoms with van der Waals surface area (Å²) in [5.41, 5.74) is 3.06. The van der Waals surface area contributed by atoms with Crippen LogP contribution in [-0.2, 0) is 23.0 Å². The number of benzene rings is 2. The molecule has 3 aromatic rings. The Morgan fingerprint density at radius 2 is 1.76 bits per heavy atom. The maximum atomic E-state index is 11.4. The van der Waals surface area contributed by atoms with E-state index in [1.54, 1.807) is 12.1 Å². The van der Waals surface area contributed by atoms with Crippen molar-refractivity contribution in [3.05, 3.63) is 71.1 Å². The Bertz CT molecular complexity index is 992. The first-order valence-electron chi connectivity index (χ1n) is 7.92. The van der Waals surface area contributed by atoms with Crippen LogP contribution < -0.4 is 0 Å². The lowest BCUT2D eigenvalue weighted by Crippen LogP contribution is -2.05. The van der Waals surface area contributed by atoms with Crippen LogP contribution in [0.4, 0.5) is 0 Å². The molecule has 0 atom stereocenters. The van der Waals surface area contributed by atoms with Gasteiger partial charge in [0.1, 0.15) is 15.9 Å². The smallest absolute Gasteiger partial charge is 0.226 e. The summed E-state index contributed by atoms with van der Waals surface area (Å²) in [5.74, 6) is 1.23. The van der Waals surface area contributed by atoms with Gasteiger partial charge >= 0.3 is 0 Å². The molecule has 1 heterocycles. The molecule has 0 aliphatic rings. The van der Waals surface area contributed by atoms with Crippen LogP contribution in [0, 0.1) is 13.8 Å². The van der Waals surface area contributed by atoms with E-state index in [4.69, 9.17) is 4.42 Å². The molecule has 130 valence electrons. The number of aromatic nitrogens is 1. The molecule has 0 aliphatic heterocycles. The van der Waals surface area contributed by atoms with Gasteiger partial charge in [-0.15, -0.1) is 0 Å². The van der Waals surface area contributed by atoms with Gasteiger partial charge in [-0.1, -0.05) is 35.9 Å². The van der Waals surface area contributed by atoms with Crippen LogP contribution in [0.25, 0.3) is 11.5 Å². The average Bonchev–Trinajstić information content (AvgIpc) is 2.94. The highest BCUT2D eigenvalue weighted by Gasteiger charge is 2.14. The molecular formula is C19H18NO4S-. The number of nitrogens with zero attached hydrogens (tertiary/aromatic N) is 1. The van der Waals surface area contributed by atoms with E-state index in [1.807, 2.05) is 44.2 Å². The first-order valence-corrected chi connectivity index (χ1v) is 9.32. The van der Waals surface area contributed by atoms with Crippen molar-refractivity contribution in [2.75, 3.05) is 0 Å². The molecule has 0 spiro atoms. The number of hydrogen-bond acceptors (Lipinski definition) is 5. The van der Waals surface area contributed by atoms with Gasteiger partial charge in [0.15, 0.2) is 0 Å². The summed E-state index contributed by atoms with van der Waals surface area (Å²) in [7, 11) is -4.50. The molecule has 0 saturated carbocycles. The first-order chi connectivity index (χ1) is 11.8. The van der Waals surface area contributed by atoms with Crippen LogP contribution in [0.1, 0.15) is 22.6 Å². The van der Waals surface area contributed by atoms with Crippen molar-refractivity contribution in [1.82, 2.24) is 4.98 Å². The predicted molar refractivity (Wildman–Crippen MR) is 93.2 cm³/mol. The molecule has 0 bridgehead atoms. The third kappa shape index (κ3) is 3.97. The largest absolute Gasteiger partial charge is 0.744 e. The molecule has 0 saturated heterocycles. The van der Waals surface area contributed by atoms with Crippen LogP contribution in [0.15, 0.2) is 57.8 Å². The standard InChI is InChI=1S/C19H19NO4S/c1-13-8-11-18(25(21,22)23)16(12-13)9-10-17-14(2)24-19(20-17)15-6-4-3-5-7-15/h3-8,11-12H,9-10H2,1-2H3,(H,21,22,23)/p-1. The van der Waals surface area contributed by atoms with E-state index in [-0.39, 0.29) is 4.90 Å². The monoisotopic (exact) mass is 356 g/mol. The lowest BCUT2D eigenvalue weighted by molar-refractivity contribution is 0.462. The fraction of sp³-hybridized carbons (Fsp3) is 0.211. The summed E-state index contributed by atoms with van der Waals surface area (Å²) in [4.78, 5) is 4.35. The van der Waals surface area contributed by atoms with Crippen molar-refractivity contribution in [3.63, 3.8) is 0 Å². The SMILES string of the molecule is Cc1ccc(S(=O)(=O)[O-])c(CCc2nc(-c3ccccc3)oc2C)c1. The van der Waals surface area contributed by atoms with Crippen molar-refractivity contribution >= 4 is 10.1 Å². The number of aryl methyl sites for hydroxylation is 4. The van der Waals surface area contributed by atoms with E-state index in [0.29, 0.717) is 30.1 Å². The third-order valence-corrected chi connectivity index (χ3v) is 4.97. The maximum absolute atomic E-state index is 11.4. The van der Waals surface area contributed by atoms with Crippen molar-refractivity contribution in [2.24, 2.45) is 0 Å². The van der Waals surface area contributed by atoms with Gasteiger partial charge in [-0.05, 0) is 50.5 Å². The highest BCUT2D eigenvalue weighted by molar-refractivity contribution is 7.85. The molecular weight excluding hydrogens is 338 g/mol. The second-order valence-electron chi connectivity index (χ2n) is 5.95. The Hall–Kier alpha value is -2.44.